The molecule has 0 saturated carbocycles. The van der Waals surface area contributed by atoms with E-state index in [2.05, 4.69) is 32.4 Å². The van der Waals surface area contributed by atoms with Crippen molar-refractivity contribution in [2.75, 3.05) is 39.8 Å². The summed E-state index contributed by atoms with van der Waals surface area (Å²) in [6.45, 7) is 10.5. The molecule has 0 fully saturated rings. The summed E-state index contributed by atoms with van der Waals surface area (Å²) in [6, 6.07) is 8.40. The summed E-state index contributed by atoms with van der Waals surface area (Å²) in [4.78, 5) is 23.7. The van der Waals surface area contributed by atoms with E-state index >= 15 is 0 Å². The van der Waals surface area contributed by atoms with Crippen molar-refractivity contribution in [3.05, 3.63) is 35.4 Å². The number of benzene rings is 1. The number of unbranched alkanes of at least 4 members (excludes halogenated alkanes) is 5. The third-order valence-corrected chi connectivity index (χ3v) is 8.90. The molecule has 0 aliphatic rings. The van der Waals surface area contributed by atoms with Crippen LogP contribution in [0.15, 0.2) is 24.3 Å². The van der Waals surface area contributed by atoms with Gasteiger partial charge in [0.25, 0.3) is 0 Å². The molecule has 32 heavy (non-hydrogen) atoms. The topological polar surface area (TPSA) is 61.8 Å². The van der Waals surface area contributed by atoms with E-state index in [1.165, 1.54) is 70.4 Å². The summed E-state index contributed by atoms with van der Waals surface area (Å²) < 4.78 is 15.7. The first-order valence-corrected chi connectivity index (χ1v) is 15.4. The monoisotopic (exact) mass is 468 g/mol. The Hall–Kier alpha value is -1.45. The fourth-order valence-electron chi connectivity index (χ4n) is 3.84. The van der Waals surface area contributed by atoms with Crippen molar-refractivity contribution >= 4 is 19.2 Å². The normalized spacial score (nSPS) is 13.9. The van der Waals surface area contributed by atoms with Gasteiger partial charge in [0, 0.05) is 6.92 Å². The van der Waals surface area contributed by atoms with Gasteiger partial charge in [0.05, 0.1) is 0 Å². The second kappa shape index (κ2) is 14.6. The van der Waals surface area contributed by atoms with Gasteiger partial charge >= 0.3 is 184 Å². The van der Waals surface area contributed by atoms with Gasteiger partial charge in [0.1, 0.15) is 0 Å². The number of methoxy groups -OCH3 is 1. The van der Waals surface area contributed by atoms with Gasteiger partial charge in [0.2, 0.25) is 0 Å². The number of esters is 2. The Balaban J connectivity index is 2.52. The Morgan fingerprint density at radius 1 is 0.906 bits per heavy atom. The molecular weight excluding hydrogens is 423 g/mol. The van der Waals surface area contributed by atoms with E-state index < -0.39 is 24.6 Å². The van der Waals surface area contributed by atoms with Crippen molar-refractivity contribution in [2.24, 2.45) is 5.41 Å². The zero-order valence-electron chi connectivity index (χ0n) is 21.1. The number of ether oxygens (including phenoxy) is 3. The molecule has 0 amide bonds. The molecule has 0 bridgehead atoms. The van der Waals surface area contributed by atoms with E-state index in [1.54, 1.807) is 6.92 Å². The van der Waals surface area contributed by atoms with E-state index in [0.717, 1.165) is 5.56 Å². The summed E-state index contributed by atoms with van der Waals surface area (Å²) in [5.74, 6) is -0.865. The zero-order chi connectivity index (χ0) is 24.0. The number of rotatable bonds is 16. The van der Waals surface area contributed by atoms with Gasteiger partial charge in [-0.1, -0.05) is 0 Å². The third kappa shape index (κ3) is 11.4. The van der Waals surface area contributed by atoms with Crippen LogP contribution in [0, 0.1) is 5.41 Å². The molecular formula is C26H45O5P. The van der Waals surface area contributed by atoms with Crippen molar-refractivity contribution < 1.29 is 23.8 Å². The predicted octanol–water partition coefficient (Wildman–Crippen LogP) is 5.82. The van der Waals surface area contributed by atoms with Crippen LogP contribution in [0.5, 0.6) is 0 Å². The van der Waals surface area contributed by atoms with E-state index in [4.69, 9.17) is 14.2 Å². The van der Waals surface area contributed by atoms with Gasteiger partial charge in [-0.2, -0.15) is 0 Å². The maximum absolute atomic E-state index is 12.6. The summed E-state index contributed by atoms with van der Waals surface area (Å²) in [6.07, 6.45) is 10.7. The third-order valence-electron chi connectivity index (χ3n) is 5.83. The Kier molecular flexibility index (Phi) is 13.1. The number of carbonyl (C=O) groups excluding carboxylic acids is 2. The van der Waals surface area contributed by atoms with Crippen LogP contribution in [0.4, 0.5) is 0 Å². The molecule has 0 spiro atoms. The van der Waals surface area contributed by atoms with Crippen LogP contribution in [0.25, 0.3) is 0 Å². The van der Waals surface area contributed by atoms with Crippen LogP contribution >= 0.6 is 7.26 Å². The minimum atomic E-state index is -1.26. The molecule has 0 radical (unpaired) electrons. The SMILES string of the molecule is CCCCCCCC[PH](C)(C)Cc1ccc(COC(=O)C(C)(COC)COC(C)=O)cc1. The average molecular weight is 469 g/mol. The van der Waals surface area contributed by atoms with Gasteiger partial charge in [-0.05, 0) is 0 Å². The van der Waals surface area contributed by atoms with Crippen LogP contribution in [0.3, 0.4) is 0 Å². The predicted molar refractivity (Wildman–Crippen MR) is 135 cm³/mol. The van der Waals surface area contributed by atoms with E-state index in [0.29, 0.717) is 0 Å². The quantitative estimate of drug-likeness (QED) is 0.174. The van der Waals surface area contributed by atoms with Crippen molar-refractivity contribution in [2.45, 2.75) is 72.1 Å². The molecule has 184 valence electrons. The van der Waals surface area contributed by atoms with Crippen LogP contribution in [-0.2, 0) is 36.6 Å². The van der Waals surface area contributed by atoms with Crippen LogP contribution in [0.1, 0.15) is 70.4 Å². The van der Waals surface area contributed by atoms with Crippen molar-refractivity contribution in [1.82, 2.24) is 0 Å². The number of hydrogen-bond donors (Lipinski definition) is 0. The summed E-state index contributed by atoms with van der Waals surface area (Å²) in [5.41, 5.74) is 1.29. The van der Waals surface area contributed by atoms with E-state index in [9.17, 15) is 9.59 Å². The molecule has 5 nitrogen and oxygen atoms in total. The molecule has 1 unspecified atom stereocenters. The zero-order valence-corrected chi connectivity index (χ0v) is 22.1. The fourth-order valence-corrected chi connectivity index (χ4v) is 6.57. The molecule has 0 aliphatic heterocycles. The molecule has 0 saturated heterocycles. The molecule has 1 rings (SSSR count). The maximum atomic E-state index is 12.6. The van der Waals surface area contributed by atoms with Crippen LogP contribution in [0.2, 0.25) is 0 Å². The van der Waals surface area contributed by atoms with Crippen LogP contribution < -0.4 is 0 Å². The average Bonchev–Trinajstić information content (AvgIpc) is 2.74. The van der Waals surface area contributed by atoms with Gasteiger partial charge in [-0.25, -0.2) is 0 Å². The molecule has 0 aliphatic carbocycles. The molecule has 6 heteroatoms. The van der Waals surface area contributed by atoms with Crippen molar-refractivity contribution in [3.8, 4) is 0 Å². The van der Waals surface area contributed by atoms with E-state index in [1.807, 2.05) is 12.1 Å². The summed E-state index contributed by atoms with van der Waals surface area (Å²) >= 11 is 0. The van der Waals surface area contributed by atoms with Gasteiger partial charge in [-0.3, -0.25) is 4.79 Å². The Labute approximate surface area is 195 Å². The molecule has 1 aromatic carbocycles. The molecule has 0 aromatic heterocycles. The molecule has 0 heterocycles. The standard InChI is InChI=1S/C26H45O5P/c1-7-8-9-10-11-12-17-32(5,6)19-24-15-13-23(14-16-24)18-30-25(28)26(3,20-29-4)21-31-22(2)27/h13-16,32H,7-12,17-21H2,1-6H3. The Bertz CT molecular complexity index is 686. The fraction of sp³-hybridized carbons (Fsp3) is 0.692. The van der Waals surface area contributed by atoms with Gasteiger partial charge < -0.3 is 0 Å². The summed E-state index contributed by atoms with van der Waals surface area (Å²) in [5, 5.41) is 0. The van der Waals surface area contributed by atoms with E-state index in [-0.39, 0.29) is 19.8 Å². The first kappa shape index (κ1) is 28.6. The minimum absolute atomic E-state index is 0.0632. The second-order valence-electron chi connectivity index (χ2n) is 10.0. The molecule has 0 N–H and O–H groups in total. The first-order valence-electron chi connectivity index (χ1n) is 12.0. The van der Waals surface area contributed by atoms with Crippen molar-refractivity contribution in [1.29, 1.82) is 0 Å². The number of carbonyl (C=O) groups is 2. The van der Waals surface area contributed by atoms with Gasteiger partial charge in [-0.15, -0.1) is 0 Å². The first-order chi connectivity index (χ1) is 15.1. The van der Waals surface area contributed by atoms with Crippen molar-refractivity contribution in [3.63, 3.8) is 0 Å². The van der Waals surface area contributed by atoms with Crippen LogP contribution in [-0.4, -0.2) is 51.8 Å². The molecule has 1 atom stereocenters. The number of hydrogen-bond acceptors (Lipinski definition) is 5. The Morgan fingerprint density at radius 2 is 1.50 bits per heavy atom. The Morgan fingerprint density at radius 3 is 2.09 bits per heavy atom. The summed E-state index contributed by atoms with van der Waals surface area (Å²) in [7, 11) is 0.250. The van der Waals surface area contributed by atoms with Gasteiger partial charge in [0.15, 0.2) is 0 Å². The second-order valence-corrected chi connectivity index (χ2v) is 15.2. The molecule has 1 aromatic rings.